The summed E-state index contributed by atoms with van der Waals surface area (Å²) in [6.45, 7) is 0. The number of anilines is 1. The highest BCUT2D eigenvalue weighted by atomic mass is 35.5. The molecule has 0 saturated carbocycles. The van der Waals surface area contributed by atoms with Crippen LogP contribution in [0.3, 0.4) is 0 Å². The van der Waals surface area contributed by atoms with Gasteiger partial charge in [-0.1, -0.05) is 89.6 Å². The highest BCUT2D eigenvalue weighted by Crippen LogP contribution is 2.37. The second-order valence-electron chi connectivity index (χ2n) is 6.58. The first-order chi connectivity index (χ1) is 15.0. The van der Waals surface area contributed by atoms with E-state index in [1.807, 2.05) is 42.5 Å². The largest absolute Gasteiger partial charge is 0.326 e. The number of carbonyl (C=O) groups is 2. The van der Waals surface area contributed by atoms with Gasteiger partial charge in [-0.15, -0.1) is 0 Å². The Morgan fingerprint density at radius 3 is 2.13 bits per heavy atom. The van der Waals surface area contributed by atoms with E-state index in [0.29, 0.717) is 5.69 Å². The zero-order chi connectivity index (χ0) is 21.8. The van der Waals surface area contributed by atoms with Gasteiger partial charge in [-0.2, -0.15) is 0 Å². The third-order valence-electron chi connectivity index (χ3n) is 4.52. The molecule has 0 atom stereocenters. The van der Waals surface area contributed by atoms with Crippen LogP contribution in [-0.4, -0.2) is 11.9 Å². The number of hydrogen-bond donors (Lipinski definition) is 2. The highest BCUT2D eigenvalue weighted by Gasteiger charge is 2.18. The van der Waals surface area contributed by atoms with Crippen molar-refractivity contribution in [2.75, 3.05) is 5.32 Å². The normalized spacial score (nSPS) is 10.6. The molecule has 0 aliphatic rings. The monoisotopic (exact) mass is 466 g/mol. The molecule has 0 aliphatic heterocycles. The number of hydrogen-bond acceptors (Lipinski definition) is 3. The minimum Gasteiger partial charge on any atom is -0.307 e. The Hall–Kier alpha value is -2.99. The fourth-order valence-electron chi connectivity index (χ4n) is 3.10. The van der Waals surface area contributed by atoms with Gasteiger partial charge in [0, 0.05) is 9.79 Å². The fraction of sp³-hybridized carbons (Fsp3) is 0. The molecule has 0 fully saturated rings. The number of para-hydroxylation sites is 1. The Bertz CT molecular complexity index is 1270. The molecule has 0 unspecified atom stereocenters. The van der Waals surface area contributed by atoms with Gasteiger partial charge >= 0.3 is 6.03 Å². The SMILES string of the molecule is O=C(NC(=O)c1c(Cl)cccc1Cl)Nc1ccccc1Sc1cccc2ccccc12. The van der Waals surface area contributed by atoms with Gasteiger partial charge < -0.3 is 5.32 Å². The summed E-state index contributed by atoms with van der Waals surface area (Å²) in [6.07, 6.45) is 0. The van der Waals surface area contributed by atoms with Crippen LogP contribution >= 0.6 is 35.0 Å². The zero-order valence-electron chi connectivity index (χ0n) is 16.1. The molecule has 0 spiro atoms. The molecule has 4 nitrogen and oxygen atoms in total. The van der Waals surface area contributed by atoms with E-state index in [1.54, 1.807) is 12.1 Å². The van der Waals surface area contributed by atoms with Crippen LogP contribution in [0.25, 0.3) is 10.8 Å². The van der Waals surface area contributed by atoms with Gasteiger partial charge in [0.15, 0.2) is 0 Å². The molecule has 0 saturated heterocycles. The molecular formula is C24H16Cl2N2O2S. The minimum atomic E-state index is -0.674. The molecule has 0 radical (unpaired) electrons. The van der Waals surface area contributed by atoms with Gasteiger partial charge in [-0.25, -0.2) is 4.79 Å². The summed E-state index contributed by atoms with van der Waals surface area (Å²) < 4.78 is 0. The molecule has 3 amide bonds. The number of amides is 3. The van der Waals surface area contributed by atoms with Crippen LogP contribution in [0.2, 0.25) is 10.0 Å². The number of nitrogens with one attached hydrogen (secondary N) is 2. The molecule has 2 N–H and O–H groups in total. The maximum absolute atomic E-state index is 12.5. The summed E-state index contributed by atoms with van der Waals surface area (Å²) in [7, 11) is 0. The lowest BCUT2D eigenvalue weighted by molar-refractivity contribution is 0.0967. The lowest BCUT2D eigenvalue weighted by Gasteiger charge is -2.13. The van der Waals surface area contributed by atoms with Gasteiger partial charge in [0.05, 0.1) is 21.3 Å². The molecule has 0 aromatic heterocycles. The van der Waals surface area contributed by atoms with Crippen molar-refractivity contribution >= 4 is 63.4 Å². The Kier molecular flexibility index (Phi) is 6.47. The zero-order valence-corrected chi connectivity index (χ0v) is 18.4. The van der Waals surface area contributed by atoms with Crippen molar-refractivity contribution in [3.8, 4) is 0 Å². The molecule has 4 aromatic carbocycles. The predicted molar refractivity (Wildman–Crippen MR) is 127 cm³/mol. The van der Waals surface area contributed by atoms with Crippen LogP contribution < -0.4 is 10.6 Å². The van der Waals surface area contributed by atoms with Crippen molar-refractivity contribution in [1.82, 2.24) is 5.32 Å². The molecule has 0 bridgehead atoms. The lowest BCUT2D eigenvalue weighted by Crippen LogP contribution is -2.34. The van der Waals surface area contributed by atoms with Crippen LogP contribution in [0, 0.1) is 0 Å². The Labute approximate surface area is 193 Å². The maximum atomic E-state index is 12.5. The first-order valence-corrected chi connectivity index (χ1v) is 10.9. The van der Waals surface area contributed by atoms with Gasteiger partial charge in [-0.3, -0.25) is 10.1 Å². The standard InChI is InChI=1S/C24H16Cl2N2O2S/c25-17-10-6-11-18(26)22(17)23(29)28-24(30)27-19-12-3-4-13-21(19)31-20-14-5-8-15-7-1-2-9-16(15)20/h1-14H,(H2,27,28,29,30). The van der Waals surface area contributed by atoms with Gasteiger partial charge in [-0.05, 0) is 41.1 Å². The van der Waals surface area contributed by atoms with E-state index in [9.17, 15) is 9.59 Å². The third-order valence-corrected chi connectivity index (χ3v) is 6.30. The summed E-state index contributed by atoms with van der Waals surface area (Å²) in [6, 6.07) is 25.6. The lowest BCUT2D eigenvalue weighted by atomic mass is 10.1. The van der Waals surface area contributed by atoms with Crippen LogP contribution in [0.15, 0.2) is 94.7 Å². The Morgan fingerprint density at radius 1 is 0.710 bits per heavy atom. The number of carbonyl (C=O) groups excluding carboxylic acids is 2. The predicted octanol–water partition coefficient (Wildman–Crippen LogP) is 7.26. The first kappa shape index (κ1) is 21.2. The number of fused-ring (bicyclic) bond motifs is 1. The number of benzene rings is 4. The van der Waals surface area contributed by atoms with Crippen molar-refractivity contribution in [3.63, 3.8) is 0 Å². The van der Waals surface area contributed by atoms with Gasteiger partial charge in [0.2, 0.25) is 0 Å². The Morgan fingerprint density at radius 2 is 1.32 bits per heavy atom. The topological polar surface area (TPSA) is 58.2 Å². The van der Waals surface area contributed by atoms with Crippen molar-refractivity contribution in [2.24, 2.45) is 0 Å². The molecule has 7 heteroatoms. The molecule has 154 valence electrons. The second-order valence-corrected chi connectivity index (χ2v) is 8.48. The summed E-state index contributed by atoms with van der Waals surface area (Å²) in [5.74, 6) is -0.674. The number of halogens is 2. The summed E-state index contributed by atoms with van der Waals surface area (Å²) >= 11 is 13.6. The van der Waals surface area contributed by atoms with Crippen molar-refractivity contribution in [2.45, 2.75) is 9.79 Å². The summed E-state index contributed by atoms with van der Waals surface area (Å²) in [4.78, 5) is 26.9. The van der Waals surface area contributed by atoms with Crippen LogP contribution in [0.4, 0.5) is 10.5 Å². The van der Waals surface area contributed by atoms with E-state index < -0.39 is 11.9 Å². The second kappa shape index (κ2) is 9.43. The molecule has 4 rings (SSSR count). The summed E-state index contributed by atoms with van der Waals surface area (Å²) in [5.41, 5.74) is 0.635. The molecule has 0 aliphatic carbocycles. The van der Waals surface area contributed by atoms with E-state index >= 15 is 0 Å². The van der Waals surface area contributed by atoms with E-state index in [1.165, 1.54) is 23.9 Å². The van der Waals surface area contributed by atoms with E-state index in [-0.39, 0.29) is 15.6 Å². The molecule has 0 heterocycles. The van der Waals surface area contributed by atoms with Gasteiger partial charge in [0.25, 0.3) is 5.91 Å². The van der Waals surface area contributed by atoms with Gasteiger partial charge in [0.1, 0.15) is 0 Å². The van der Waals surface area contributed by atoms with Crippen LogP contribution in [0.1, 0.15) is 10.4 Å². The quantitative estimate of drug-likeness (QED) is 0.332. The minimum absolute atomic E-state index is 0.0550. The first-order valence-electron chi connectivity index (χ1n) is 9.34. The smallest absolute Gasteiger partial charge is 0.307 e. The number of imide groups is 1. The van der Waals surface area contributed by atoms with Crippen molar-refractivity contribution in [1.29, 1.82) is 0 Å². The Balaban J connectivity index is 1.54. The molecular weight excluding hydrogens is 451 g/mol. The third kappa shape index (κ3) is 4.85. The van der Waals surface area contributed by atoms with Crippen molar-refractivity contribution < 1.29 is 9.59 Å². The van der Waals surface area contributed by atoms with Crippen LogP contribution in [0.5, 0.6) is 0 Å². The highest BCUT2D eigenvalue weighted by molar-refractivity contribution is 7.99. The number of rotatable bonds is 4. The summed E-state index contributed by atoms with van der Waals surface area (Å²) in [5, 5.41) is 7.62. The van der Waals surface area contributed by atoms with Crippen molar-refractivity contribution in [3.05, 3.63) is 101 Å². The number of urea groups is 1. The average Bonchev–Trinajstić information content (AvgIpc) is 2.75. The van der Waals surface area contributed by atoms with E-state index in [4.69, 9.17) is 23.2 Å². The van der Waals surface area contributed by atoms with Crippen LogP contribution in [-0.2, 0) is 0 Å². The molecule has 4 aromatic rings. The maximum Gasteiger partial charge on any atom is 0.326 e. The van der Waals surface area contributed by atoms with E-state index in [2.05, 4.69) is 28.8 Å². The fourth-order valence-corrected chi connectivity index (χ4v) is 4.72. The molecule has 31 heavy (non-hydrogen) atoms. The average molecular weight is 467 g/mol. The van der Waals surface area contributed by atoms with E-state index in [0.717, 1.165) is 20.6 Å².